The Kier molecular flexibility index (Phi) is 6.15. The number of carbonyl (C=O) groups is 2. The summed E-state index contributed by atoms with van der Waals surface area (Å²) in [6.07, 6.45) is -0.625. The van der Waals surface area contributed by atoms with Gasteiger partial charge in [-0.2, -0.15) is 5.10 Å². The van der Waals surface area contributed by atoms with Crippen LogP contribution in [0.3, 0.4) is 0 Å². The van der Waals surface area contributed by atoms with Crippen LogP contribution in [0.2, 0.25) is 5.02 Å². The minimum Gasteiger partial charge on any atom is -0.447 e. The van der Waals surface area contributed by atoms with Crippen LogP contribution < -0.4 is 5.01 Å². The maximum absolute atomic E-state index is 13.9. The molecule has 5 rings (SSSR count). The van der Waals surface area contributed by atoms with Crippen molar-refractivity contribution in [3.8, 4) is 0 Å². The van der Waals surface area contributed by atoms with Crippen molar-refractivity contribution in [3.05, 3.63) is 99.0 Å². The highest BCUT2D eigenvalue weighted by Crippen LogP contribution is 2.39. The number of nitrogens with zero attached hydrogens (tertiary/aromatic N) is 3. The monoisotopic (exact) mass is 537 g/mol. The summed E-state index contributed by atoms with van der Waals surface area (Å²) in [6.45, 7) is 2.42. The quantitative estimate of drug-likeness (QED) is 0.423. The van der Waals surface area contributed by atoms with E-state index in [0.717, 1.165) is 32.6 Å². The second-order valence-corrected chi connectivity index (χ2v) is 9.61. The number of hydrazone groups is 1. The van der Waals surface area contributed by atoms with Crippen LogP contribution in [0.25, 0.3) is 0 Å². The predicted molar refractivity (Wildman–Crippen MR) is 135 cm³/mol. The maximum Gasteiger partial charge on any atom is 0.416 e. The number of hydrogen-bond acceptors (Lipinski definition) is 5. The van der Waals surface area contributed by atoms with Crippen molar-refractivity contribution in [2.75, 3.05) is 18.2 Å². The van der Waals surface area contributed by atoms with E-state index in [1.54, 1.807) is 17.1 Å². The van der Waals surface area contributed by atoms with Crippen LogP contribution in [-0.2, 0) is 9.53 Å². The van der Waals surface area contributed by atoms with Crippen molar-refractivity contribution in [3.63, 3.8) is 0 Å². The van der Waals surface area contributed by atoms with E-state index in [2.05, 4.69) is 22.0 Å². The SMILES string of the molecule is Cc1cccc(C2=NN(c3ccc(Br)cc3)[C@@H](C(=O)N3CCOC3=O)[C@@H]2c2ccc(Cl)cc2)c1. The molecular formula is C26H21BrClN3O3. The van der Waals surface area contributed by atoms with Crippen molar-refractivity contribution >= 4 is 50.9 Å². The Morgan fingerprint density at radius 2 is 1.82 bits per heavy atom. The summed E-state index contributed by atoms with van der Waals surface area (Å²) in [5.41, 5.74) is 4.38. The number of benzene rings is 3. The maximum atomic E-state index is 13.9. The highest BCUT2D eigenvalue weighted by molar-refractivity contribution is 9.10. The highest BCUT2D eigenvalue weighted by atomic mass is 79.9. The molecule has 8 heteroatoms. The van der Waals surface area contributed by atoms with E-state index in [4.69, 9.17) is 21.4 Å². The van der Waals surface area contributed by atoms with Gasteiger partial charge < -0.3 is 4.74 Å². The number of cyclic esters (lactones) is 1. The average Bonchev–Trinajstić information content (AvgIpc) is 3.44. The van der Waals surface area contributed by atoms with Crippen LogP contribution in [-0.4, -0.2) is 41.8 Å². The zero-order valence-corrected chi connectivity index (χ0v) is 20.7. The lowest BCUT2D eigenvalue weighted by Gasteiger charge is -2.29. The van der Waals surface area contributed by atoms with Gasteiger partial charge in [0.25, 0.3) is 5.91 Å². The number of aryl methyl sites for hydroxylation is 1. The Morgan fingerprint density at radius 1 is 1.09 bits per heavy atom. The zero-order valence-electron chi connectivity index (χ0n) is 18.3. The molecule has 0 aliphatic carbocycles. The van der Waals surface area contributed by atoms with Gasteiger partial charge in [0, 0.05) is 9.50 Å². The molecule has 0 spiro atoms. The van der Waals surface area contributed by atoms with Crippen LogP contribution in [0.5, 0.6) is 0 Å². The summed E-state index contributed by atoms with van der Waals surface area (Å²) in [5, 5.41) is 7.30. The van der Waals surface area contributed by atoms with Crippen LogP contribution in [0.1, 0.15) is 22.6 Å². The van der Waals surface area contributed by atoms with Gasteiger partial charge in [-0.3, -0.25) is 9.80 Å². The lowest BCUT2D eigenvalue weighted by Crippen LogP contribution is -2.48. The molecule has 2 amide bonds. The number of ether oxygens (including phenoxy) is 1. The molecule has 2 atom stereocenters. The highest BCUT2D eigenvalue weighted by Gasteiger charge is 2.48. The van der Waals surface area contributed by atoms with Crippen molar-refractivity contribution in [1.82, 2.24) is 4.90 Å². The van der Waals surface area contributed by atoms with Crippen LogP contribution in [0, 0.1) is 6.92 Å². The molecule has 0 N–H and O–H groups in total. The molecular weight excluding hydrogens is 518 g/mol. The number of carbonyl (C=O) groups excluding carboxylic acids is 2. The van der Waals surface area contributed by atoms with E-state index < -0.39 is 18.1 Å². The van der Waals surface area contributed by atoms with Crippen molar-refractivity contribution in [2.45, 2.75) is 18.9 Å². The smallest absolute Gasteiger partial charge is 0.416 e. The molecule has 3 aromatic rings. The molecule has 1 fully saturated rings. The Hall–Kier alpha value is -3.16. The molecule has 2 aliphatic heterocycles. The summed E-state index contributed by atoms with van der Waals surface area (Å²) in [4.78, 5) is 27.4. The molecule has 34 heavy (non-hydrogen) atoms. The van der Waals surface area contributed by atoms with Gasteiger partial charge in [-0.25, -0.2) is 9.69 Å². The van der Waals surface area contributed by atoms with Crippen molar-refractivity contribution < 1.29 is 14.3 Å². The molecule has 6 nitrogen and oxygen atoms in total. The number of hydrogen-bond donors (Lipinski definition) is 0. The zero-order chi connectivity index (χ0) is 23.8. The molecule has 0 aromatic heterocycles. The molecule has 0 saturated carbocycles. The fraction of sp³-hybridized carbons (Fsp3) is 0.192. The normalized spacial score (nSPS) is 19.9. The van der Waals surface area contributed by atoms with E-state index in [1.165, 1.54) is 4.90 Å². The van der Waals surface area contributed by atoms with E-state index >= 15 is 0 Å². The second kappa shape index (κ2) is 9.24. The van der Waals surface area contributed by atoms with Gasteiger partial charge in [0.1, 0.15) is 12.6 Å². The first-order valence-corrected chi connectivity index (χ1v) is 12.0. The van der Waals surface area contributed by atoms with E-state index in [1.807, 2.05) is 61.5 Å². The Balaban J connectivity index is 1.69. The number of imide groups is 1. The summed E-state index contributed by atoms with van der Waals surface area (Å²) in [6, 6.07) is 22.3. The average molecular weight is 539 g/mol. The molecule has 1 saturated heterocycles. The molecule has 172 valence electrons. The fourth-order valence-electron chi connectivity index (χ4n) is 4.40. The first-order chi connectivity index (χ1) is 16.4. The number of halogens is 2. The third-order valence-electron chi connectivity index (χ3n) is 6.00. The Morgan fingerprint density at radius 3 is 2.47 bits per heavy atom. The van der Waals surface area contributed by atoms with Crippen LogP contribution in [0.15, 0.2) is 82.4 Å². The molecule has 0 unspecified atom stereocenters. The largest absolute Gasteiger partial charge is 0.447 e. The van der Waals surface area contributed by atoms with Gasteiger partial charge in [-0.1, -0.05) is 69.5 Å². The molecule has 3 aromatic carbocycles. The van der Waals surface area contributed by atoms with Gasteiger partial charge in [0.2, 0.25) is 0 Å². The number of anilines is 1. The summed E-state index contributed by atoms with van der Waals surface area (Å²) < 4.78 is 5.99. The van der Waals surface area contributed by atoms with Gasteiger partial charge in [-0.15, -0.1) is 0 Å². The van der Waals surface area contributed by atoms with Gasteiger partial charge >= 0.3 is 6.09 Å². The minimum absolute atomic E-state index is 0.187. The third kappa shape index (κ3) is 4.21. The minimum atomic E-state index is -0.775. The van der Waals surface area contributed by atoms with Gasteiger partial charge in [-0.05, 0) is 54.4 Å². The van der Waals surface area contributed by atoms with Crippen LogP contribution >= 0.6 is 27.5 Å². The number of rotatable bonds is 4. The summed E-state index contributed by atoms with van der Waals surface area (Å²) in [7, 11) is 0. The molecule has 2 aliphatic rings. The standard InChI is InChI=1S/C26H21BrClN3O3/c1-16-3-2-4-18(15-16)23-22(17-5-9-20(28)10-6-17)24(25(32)30-13-14-34-26(30)33)31(29-23)21-11-7-19(27)8-12-21/h2-12,15,22,24H,13-14H2,1H3/t22-,24-/m1/s1. The van der Waals surface area contributed by atoms with Crippen molar-refractivity contribution in [1.29, 1.82) is 0 Å². The Labute approximate surface area is 210 Å². The topological polar surface area (TPSA) is 62.2 Å². The first-order valence-electron chi connectivity index (χ1n) is 10.9. The summed E-state index contributed by atoms with van der Waals surface area (Å²) in [5.74, 6) is -0.777. The van der Waals surface area contributed by atoms with Crippen LogP contribution in [0.4, 0.5) is 10.5 Å². The van der Waals surface area contributed by atoms with Crippen molar-refractivity contribution in [2.24, 2.45) is 5.10 Å². The lowest BCUT2D eigenvalue weighted by molar-refractivity contribution is -0.129. The third-order valence-corrected chi connectivity index (χ3v) is 6.78. The first kappa shape index (κ1) is 22.6. The Bertz CT molecular complexity index is 1280. The lowest BCUT2D eigenvalue weighted by atomic mass is 9.84. The fourth-order valence-corrected chi connectivity index (χ4v) is 4.79. The van der Waals surface area contributed by atoms with E-state index in [-0.39, 0.29) is 19.1 Å². The molecule has 0 radical (unpaired) electrons. The number of amides is 2. The molecule has 2 heterocycles. The van der Waals surface area contributed by atoms with E-state index in [0.29, 0.717) is 5.02 Å². The predicted octanol–water partition coefficient (Wildman–Crippen LogP) is 5.77. The van der Waals surface area contributed by atoms with Gasteiger partial charge in [0.15, 0.2) is 0 Å². The summed E-state index contributed by atoms with van der Waals surface area (Å²) >= 11 is 9.64. The second-order valence-electron chi connectivity index (χ2n) is 8.25. The van der Waals surface area contributed by atoms with E-state index in [9.17, 15) is 9.59 Å². The molecule has 0 bridgehead atoms. The van der Waals surface area contributed by atoms with Gasteiger partial charge in [0.05, 0.1) is 23.9 Å².